The fourth-order valence-corrected chi connectivity index (χ4v) is 1.14. The van der Waals surface area contributed by atoms with Crippen molar-refractivity contribution in [3.05, 3.63) is 28.8 Å². The van der Waals surface area contributed by atoms with E-state index in [-0.39, 0.29) is 45.9 Å². The minimum Gasteiger partial charge on any atom is -0.508 e. The van der Waals surface area contributed by atoms with Gasteiger partial charge in [0.1, 0.15) is 11.8 Å². The van der Waals surface area contributed by atoms with Crippen molar-refractivity contribution in [2.45, 2.75) is 6.04 Å². The number of hydrogen-bond donors (Lipinski definition) is 3. The minimum atomic E-state index is -1.21. The first-order valence-corrected chi connectivity index (χ1v) is 3.87. The third-order valence-corrected chi connectivity index (χ3v) is 1.92. The molecular formula is C8H8ClNNaO3. The number of carboxylic acid groups (broad SMARTS) is 1. The Balaban J connectivity index is 0.00000169. The number of halogens is 1. The van der Waals surface area contributed by atoms with Crippen LogP contribution >= 0.6 is 11.6 Å². The standard InChI is InChI=1S/C8H8ClNO3.Na/c9-6-2-1-4(11)3-5(6)7(10)8(12)13;/h1-3,7,11H,10H2,(H,12,13);. The van der Waals surface area contributed by atoms with Crippen LogP contribution in [0.5, 0.6) is 5.75 Å². The van der Waals surface area contributed by atoms with Crippen molar-refractivity contribution < 1.29 is 15.0 Å². The maximum atomic E-state index is 10.5. The fourth-order valence-electron chi connectivity index (χ4n) is 0.903. The van der Waals surface area contributed by atoms with E-state index >= 15 is 0 Å². The van der Waals surface area contributed by atoms with Crippen LogP contribution in [-0.2, 0) is 4.79 Å². The summed E-state index contributed by atoms with van der Waals surface area (Å²) >= 11 is 5.68. The Morgan fingerprint density at radius 2 is 2.07 bits per heavy atom. The van der Waals surface area contributed by atoms with Gasteiger partial charge in [-0.05, 0) is 18.2 Å². The molecule has 1 unspecified atom stereocenters. The van der Waals surface area contributed by atoms with Gasteiger partial charge >= 0.3 is 5.97 Å². The quantitative estimate of drug-likeness (QED) is 0.648. The van der Waals surface area contributed by atoms with Gasteiger partial charge < -0.3 is 15.9 Å². The van der Waals surface area contributed by atoms with Crippen LogP contribution < -0.4 is 5.73 Å². The fraction of sp³-hybridized carbons (Fsp3) is 0.125. The first kappa shape index (κ1) is 13.7. The summed E-state index contributed by atoms with van der Waals surface area (Å²) in [4.78, 5) is 10.5. The van der Waals surface area contributed by atoms with Gasteiger partial charge in [-0.1, -0.05) is 11.6 Å². The second-order valence-electron chi connectivity index (χ2n) is 2.52. The molecule has 1 aromatic carbocycles. The summed E-state index contributed by atoms with van der Waals surface area (Å²) in [6, 6.07) is 2.79. The van der Waals surface area contributed by atoms with E-state index < -0.39 is 12.0 Å². The van der Waals surface area contributed by atoms with Gasteiger partial charge in [-0.25, -0.2) is 0 Å². The molecule has 4 N–H and O–H groups in total. The summed E-state index contributed by atoms with van der Waals surface area (Å²) < 4.78 is 0. The summed E-state index contributed by atoms with van der Waals surface area (Å²) in [6.45, 7) is 0. The van der Waals surface area contributed by atoms with Gasteiger partial charge in [0, 0.05) is 40.1 Å². The second-order valence-corrected chi connectivity index (χ2v) is 2.93. The predicted molar refractivity (Wildman–Crippen MR) is 53.4 cm³/mol. The van der Waals surface area contributed by atoms with Crippen molar-refractivity contribution >= 4 is 47.1 Å². The summed E-state index contributed by atoms with van der Waals surface area (Å²) in [5, 5.41) is 17.9. The zero-order chi connectivity index (χ0) is 10.0. The average molecular weight is 225 g/mol. The molecule has 0 heterocycles. The molecule has 0 amide bonds. The van der Waals surface area contributed by atoms with Gasteiger partial charge in [0.25, 0.3) is 0 Å². The topological polar surface area (TPSA) is 83.6 Å². The number of hydrogen-bond acceptors (Lipinski definition) is 3. The molecule has 71 valence electrons. The number of phenolic OH excluding ortho intramolecular Hbond substituents is 1. The number of carbonyl (C=O) groups is 1. The van der Waals surface area contributed by atoms with Crippen molar-refractivity contribution in [1.82, 2.24) is 0 Å². The molecule has 14 heavy (non-hydrogen) atoms. The molecule has 1 aromatic rings. The van der Waals surface area contributed by atoms with E-state index in [2.05, 4.69) is 0 Å². The van der Waals surface area contributed by atoms with Crippen LogP contribution in [0.1, 0.15) is 11.6 Å². The third-order valence-electron chi connectivity index (χ3n) is 1.58. The predicted octanol–water partition coefficient (Wildman–Crippen LogP) is 0.749. The van der Waals surface area contributed by atoms with Crippen LogP contribution in [0.25, 0.3) is 0 Å². The van der Waals surface area contributed by atoms with E-state index in [1.165, 1.54) is 18.2 Å². The van der Waals surface area contributed by atoms with Crippen molar-refractivity contribution in [2.75, 3.05) is 0 Å². The molecule has 4 nitrogen and oxygen atoms in total. The Labute approximate surface area is 108 Å². The molecule has 0 aromatic heterocycles. The van der Waals surface area contributed by atoms with Gasteiger partial charge in [-0.2, -0.15) is 0 Å². The zero-order valence-corrected chi connectivity index (χ0v) is 10.3. The Kier molecular flexibility index (Phi) is 5.48. The minimum absolute atomic E-state index is 0. The molecule has 1 rings (SSSR count). The van der Waals surface area contributed by atoms with E-state index in [0.717, 1.165) is 0 Å². The molecule has 0 spiro atoms. The van der Waals surface area contributed by atoms with Crippen molar-refractivity contribution in [3.63, 3.8) is 0 Å². The maximum absolute atomic E-state index is 10.5. The zero-order valence-electron chi connectivity index (χ0n) is 7.57. The van der Waals surface area contributed by atoms with Crippen molar-refractivity contribution in [2.24, 2.45) is 5.73 Å². The molecule has 0 bridgehead atoms. The summed E-state index contributed by atoms with van der Waals surface area (Å²) in [6.07, 6.45) is 0. The molecule has 1 atom stereocenters. The summed E-state index contributed by atoms with van der Waals surface area (Å²) in [5.74, 6) is -1.25. The number of nitrogens with two attached hydrogens (primary N) is 1. The number of aliphatic carboxylic acids is 1. The smallest absolute Gasteiger partial charge is 0.325 e. The SMILES string of the molecule is NC(C(=O)O)c1cc(O)ccc1Cl.[Na]. The Bertz CT molecular complexity index is 345. The number of phenols is 1. The first-order chi connectivity index (χ1) is 6.02. The number of carboxylic acids is 1. The number of rotatable bonds is 2. The molecule has 0 fully saturated rings. The van der Waals surface area contributed by atoms with E-state index in [9.17, 15) is 4.79 Å². The second kappa shape index (κ2) is 5.58. The first-order valence-electron chi connectivity index (χ1n) is 3.49. The molecule has 6 heteroatoms. The van der Waals surface area contributed by atoms with Crippen LogP contribution in [0, 0.1) is 0 Å². The summed E-state index contributed by atoms with van der Waals surface area (Å²) in [5.41, 5.74) is 5.52. The third kappa shape index (κ3) is 3.15. The molecule has 0 aliphatic heterocycles. The van der Waals surface area contributed by atoms with Crippen LogP contribution in [0.3, 0.4) is 0 Å². The van der Waals surface area contributed by atoms with Gasteiger partial charge in [-0.3, -0.25) is 4.79 Å². The van der Waals surface area contributed by atoms with Crippen LogP contribution in [0.15, 0.2) is 18.2 Å². The van der Waals surface area contributed by atoms with E-state index in [1.807, 2.05) is 0 Å². The van der Waals surface area contributed by atoms with Crippen molar-refractivity contribution in [3.8, 4) is 5.75 Å². The average Bonchev–Trinajstić information content (AvgIpc) is 2.08. The normalized spacial score (nSPS) is 11.6. The maximum Gasteiger partial charge on any atom is 0.325 e. The Morgan fingerprint density at radius 1 is 1.50 bits per heavy atom. The number of aromatic hydroxyl groups is 1. The van der Waals surface area contributed by atoms with E-state index in [4.69, 9.17) is 27.5 Å². The molecule has 0 aliphatic rings. The van der Waals surface area contributed by atoms with E-state index in [0.29, 0.717) is 0 Å². The Hall–Kier alpha value is -0.260. The molecular weight excluding hydrogens is 217 g/mol. The monoisotopic (exact) mass is 224 g/mol. The van der Waals surface area contributed by atoms with E-state index in [1.54, 1.807) is 0 Å². The summed E-state index contributed by atoms with van der Waals surface area (Å²) in [7, 11) is 0. The number of benzene rings is 1. The molecule has 0 saturated carbocycles. The largest absolute Gasteiger partial charge is 0.508 e. The van der Waals surface area contributed by atoms with Gasteiger partial charge in [0.15, 0.2) is 0 Å². The van der Waals surface area contributed by atoms with Gasteiger partial charge in [0.2, 0.25) is 0 Å². The van der Waals surface area contributed by atoms with Gasteiger partial charge in [0.05, 0.1) is 0 Å². The molecule has 0 aliphatic carbocycles. The van der Waals surface area contributed by atoms with Crippen LogP contribution in [-0.4, -0.2) is 45.7 Å². The van der Waals surface area contributed by atoms with Gasteiger partial charge in [-0.15, -0.1) is 0 Å². The molecule has 0 saturated heterocycles. The van der Waals surface area contributed by atoms with Crippen LogP contribution in [0.4, 0.5) is 0 Å². The van der Waals surface area contributed by atoms with Crippen molar-refractivity contribution in [1.29, 1.82) is 0 Å². The van der Waals surface area contributed by atoms with Crippen LogP contribution in [0.2, 0.25) is 5.02 Å². The Morgan fingerprint density at radius 3 is 2.57 bits per heavy atom. The molecule has 1 radical (unpaired) electrons.